The van der Waals surface area contributed by atoms with Crippen LogP contribution in [-0.4, -0.2) is 30.1 Å². The highest BCUT2D eigenvalue weighted by atomic mass is 16.5. The van der Waals surface area contributed by atoms with Crippen molar-refractivity contribution in [3.8, 4) is 0 Å². The molecule has 0 heterocycles. The van der Waals surface area contributed by atoms with Gasteiger partial charge in [0.15, 0.2) is 0 Å². The van der Waals surface area contributed by atoms with Gasteiger partial charge in [-0.25, -0.2) is 0 Å². The van der Waals surface area contributed by atoms with Crippen LogP contribution in [0.2, 0.25) is 0 Å². The number of hydrogen-bond acceptors (Lipinski definition) is 4. The highest BCUT2D eigenvalue weighted by Crippen LogP contribution is 2.34. The van der Waals surface area contributed by atoms with Crippen LogP contribution in [0.4, 0.5) is 0 Å². The van der Waals surface area contributed by atoms with Gasteiger partial charge in [-0.05, 0) is 43.4 Å². The number of ether oxygens (including phenoxy) is 1. The fraction of sp³-hybridized carbons (Fsp3) is 0.739. The zero-order valence-electron chi connectivity index (χ0n) is 17.6. The van der Waals surface area contributed by atoms with Crippen molar-refractivity contribution in [2.75, 3.05) is 7.11 Å². The lowest BCUT2D eigenvalue weighted by Crippen LogP contribution is -2.27. The topological polar surface area (TPSA) is 63.6 Å². The summed E-state index contributed by atoms with van der Waals surface area (Å²) in [6.07, 6.45) is 15.1. The summed E-state index contributed by atoms with van der Waals surface area (Å²) < 4.78 is 4.62. The van der Waals surface area contributed by atoms with Crippen molar-refractivity contribution in [1.82, 2.24) is 0 Å². The number of aliphatic hydroxyl groups is 1. The van der Waals surface area contributed by atoms with Gasteiger partial charge in [-0.2, -0.15) is 0 Å². The van der Waals surface area contributed by atoms with Crippen LogP contribution in [0.15, 0.2) is 24.3 Å². The largest absolute Gasteiger partial charge is 0.469 e. The van der Waals surface area contributed by atoms with E-state index in [9.17, 15) is 14.7 Å². The van der Waals surface area contributed by atoms with Gasteiger partial charge in [-0.1, -0.05) is 57.9 Å². The van der Waals surface area contributed by atoms with Crippen LogP contribution in [0.25, 0.3) is 0 Å². The first kappa shape index (κ1) is 23.6. The summed E-state index contributed by atoms with van der Waals surface area (Å²) in [5.41, 5.74) is -0.135. The lowest BCUT2D eigenvalue weighted by molar-refractivity contribution is -0.140. The maximum Gasteiger partial charge on any atom is 0.305 e. The third-order valence-corrected chi connectivity index (χ3v) is 5.71. The van der Waals surface area contributed by atoms with Crippen LogP contribution in [0.3, 0.4) is 0 Å². The second kappa shape index (κ2) is 12.1. The summed E-state index contributed by atoms with van der Waals surface area (Å²) in [5.74, 6) is 0.376. The van der Waals surface area contributed by atoms with Gasteiger partial charge in [0.1, 0.15) is 5.78 Å². The normalized spacial score (nSPS) is 22.0. The summed E-state index contributed by atoms with van der Waals surface area (Å²) in [6, 6.07) is 0. The highest BCUT2D eigenvalue weighted by molar-refractivity contribution is 5.83. The third kappa shape index (κ3) is 8.42. The number of carbonyl (C=O) groups excluding carboxylic acids is 2. The first-order chi connectivity index (χ1) is 12.8. The Hall–Kier alpha value is -1.42. The number of aliphatic hydroxyl groups excluding tert-OH is 1. The molecule has 154 valence electrons. The SMILES string of the molecule is CCCCC(C)(C)C(O)C=C[C@@H]1CCC(=O)[C@H]1C/C=C\CCCC(=O)OC. The van der Waals surface area contributed by atoms with Gasteiger partial charge < -0.3 is 9.84 Å². The van der Waals surface area contributed by atoms with Crippen molar-refractivity contribution in [2.24, 2.45) is 17.3 Å². The minimum atomic E-state index is -0.478. The van der Waals surface area contributed by atoms with E-state index in [0.717, 1.165) is 44.9 Å². The Bertz CT molecular complexity index is 518. The summed E-state index contributed by atoms with van der Waals surface area (Å²) in [7, 11) is 1.40. The summed E-state index contributed by atoms with van der Waals surface area (Å²) in [6.45, 7) is 6.37. The van der Waals surface area contributed by atoms with Gasteiger partial charge in [-0.3, -0.25) is 9.59 Å². The molecule has 3 atom stereocenters. The Kier molecular flexibility index (Phi) is 10.6. The van der Waals surface area contributed by atoms with E-state index in [1.165, 1.54) is 7.11 Å². The van der Waals surface area contributed by atoms with Gasteiger partial charge >= 0.3 is 5.97 Å². The number of rotatable bonds is 12. The van der Waals surface area contributed by atoms with Gasteiger partial charge in [0, 0.05) is 18.8 Å². The minimum Gasteiger partial charge on any atom is -0.469 e. The Balaban J connectivity index is 2.50. The molecule has 4 nitrogen and oxygen atoms in total. The fourth-order valence-electron chi connectivity index (χ4n) is 3.59. The smallest absolute Gasteiger partial charge is 0.305 e. The van der Waals surface area contributed by atoms with Crippen LogP contribution in [0, 0.1) is 17.3 Å². The number of methoxy groups -OCH3 is 1. The van der Waals surface area contributed by atoms with Crippen LogP contribution < -0.4 is 0 Å². The van der Waals surface area contributed by atoms with E-state index in [0.29, 0.717) is 18.6 Å². The van der Waals surface area contributed by atoms with Crippen LogP contribution in [0.5, 0.6) is 0 Å². The fourth-order valence-corrected chi connectivity index (χ4v) is 3.59. The number of hydrogen-bond donors (Lipinski definition) is 1. The van der Waals surface area contributed by atoms with Crippen molar-refractivity contribution in [2.45, 2.75) is 84.7 Å². The maximum absolute atomic E-state index is 12.2. The van der Waals surface area contributed by atoms with Crippen LogP contribution in [0.1, 0.15) is 78.6 Å². The monoisotopic (exact) mass is 378 g/mol. The average molecular weight is 379 g/mol. The number of allylic oxidation sites excluding steroid dienone is 3. The minimum absolute atomic E-state index is 0.0176. The van der Waals surface area contributed by atoms with Crippen molar-refractivity contribution >= 4 is 11.8 Å². The molecule has 4 heteroatoms. The molecule has 1 rings (SSSR count). The quantitative estimate of drug-likeness (QED) is 0.295. The van der Waals surface area contributed by atoms with E-state index in [1.54, 1.807) is 0 Å². The lowest BCUT2D eigenvalue weighted by Gasteiger charge is -2.29. The standard InChI is InChI=1S/C23H38O4/c1-5-6-17-23(2,3)21(25)16-14-18-13-15-20(24)19(18)11-9-7-8-10-12-22(26)27-4/h7,9,14,16,18-19,21,25H,5-6,8,10-13,15,17H2,1-4H3/b9-7-,16-14?/t18-,19-,21?/m0/s1. The Labute approximate surface area is 165 Å². The first-order valence-electron chi connectivity index (χ1n) is 10.4. The van der Waals surface area contributed by atoms with Gasteiger partial charge in [0.25, 0.3) is 0 Å². The third-order valence-electron chi connectivity index (χ3n) is 5.71. The van der Waals surface area contributed by atoms with Gasteiger partial charge in [0.2, 0.25) is 0 Å². The molecule has 0 aliphatic heterocycles. The summed E-state index contributed by atoms with van der Waals surface area (Å²) in [4.78, 5) is 23.3. The van der Waals surface area contributed by atoms with Crippen molar-refractivity contribution in [3.05, 3.63) is 24.3 Å². The Morgan fingerprint density at radius 3 is 2.74 bits per heavy atom. The number of ketones is 1. The molecule has 1 N–H and O–H groups in total. The van der Waals surface area contributed by atoms with E-state index in [4.69, 9.17) is 0 Å². The Morgan fingerprint density at radius 1 is 1.33 bits per heavy atom. The van der Waals surface area contributed by atoms with Crippen molar-refractivity contribution < 1.29 is 19.4 Å². The molecule has 0 aromatic carbocycles. The van der Waals surface area contributed by atoms with Gasteiger partial charge in [-0.15, -0.1) is 0 Å². The molecule has 0 aromatic heterocycles. The molecular formula is C23H38O4. The van der Waals surface area contributed by atoms with Crippen molar-refractivity contribution in [3.63, 3.8) is 0 Å². The Morgan fingerprint density at radius 2 is 2.07 bits per heavy atom. The van der Waals surface area contributed by atoms with E-state index < -0.39 is 6.10 Å². The summed E-state index contributed by atoms with van der Waals surface area (Å²) >= 11 is 0. The molecule has 1 aliphatic carbocycles. The molecule has 1 aliphatic rings. The second-order valence-electron chi connectivity index (χ2n) is 8.37. The first-order valence-corrected chi connectivity index (χ1v) is 10.4. The molecule has 0 bridgehead atoms. The molecule has 1 unspecified atom stereocenters. The summed E-state index contributed by atoms with van der Waals surface area (Å²) in [5, 5.41) is 10.5. The highest BCUT2D eigenvalue weighted by Gasteiger charge is 2.32. The molecule has 1 saturated carbocycles. The predicted octanol–water partition coefficient (Wildman–Crippen LogP) is 5.00. The number of unbranched alkanes of at least 4 members (excludes halogenated alkanes) is 2. The number of carbonyl (C=O) groups is 2. The predicted molar refractivity (Wildman–Crippen MR) is 109 cm³/mol. The second-order valence-corrected chi connectivity index (χ2v) is 8.37. The molecular weight excluding hydrogens is 340 g/mol. The number of Topliss-reactive ketones (excluding diaryl/α,β-unsaturated/α-hetero) is 1. The molecule has 0 spiro atoms. The zero-order chi connectivity index (χ0) is 20.3. The van der Waals surface area contributed by atoms with Gasteiger partial charge in [0.05, 0.1) is 13.2 Å². The van der Waals surface area contributed by atoms with E-state index in [-0.39, 0.29) is 23.2 Å². The molecule has 0 aromatic rings. The molecule has 0 amide bonds. The molecule has 0 saturated heterocycles. The van der Waals surface area contributed by atoms with E-state index >= 15 is 0 Å². The average Bonchev–Trinajstić information content (AvgIpc) is 3.00. The lowest BCUT2D eigenvalue weighted by atomic mass is 9.80. The van der Waals surface area contributed by atoms with Crippen molar-refractivity contribution in [1.29, 1.82) is 0 Å². The zero-order valence-corrected chi connectivity index (χ0v) is 17.6. The van der Waals surface area contributed by atoms with Crippen LogP contribution >= 0.6 is 0 Å². The number of esters is 1. The van der Waals surface area contributed by atoms with E-state index in [1.807, 2.05) is 6.08 Å². The van der Waals surface area contributed by atoms with Crippen LogP contribution in [-0.2, 0) is 14.3 Å². The van der Waals surface area contributed by atoms with E-state index in [2.05, 4.69) is 43.7 Å². The maximum atomic E-state index is 12.2. The molecule has 0 radical (unpaired) electrons. The molecule has 27 heavy (non-hydrogen) atoms. The molecule has 1 fully saturated rings.